The summed E-state index contributed by atoms with van der Waals surface area (Å²) in [5, 5.41) is 6.04. The van der Waals surface area contributed by atoms with Gasteiger partial charge in [-0.3, -0.25) is 0 Å². The number of nitrogens with one attached hydrogen (secondary N) is 1. The molecule has 26 heavy (non-hydrogen) atoms. The summed E-state index contributed by atoms with van der Waals surface area (Å²) in [7, 11) is 0. The van der Waals surface area contributed by atoms with E-state index in [2.05, 4.69) is 47.8 Å². The van der Waals surface area contributed by atoms with Crippen LogP contribution in [0.4, 0.5) is 4.39 Å². The smallest absolute Gasteiger partial charge is 0.123 e. The van der Waals surface area contributed by atoms with Gasteiger partial charge in [-0.1, -0.05) is 54.6 Å². The molecule has 0 saturated carbocycles. The van der Waals surface area contributed by atoms with Crippen molar-refractivity contribution in [1.29, 1.82) is 0 Å². The van der Waals surface area contributed by atoms with Gasteiger partial charge in [0, 0.05) is 5.38 Å². The number of hydrogen-bond donors (Lipinski definition) is 1. The Labute approximate surface area is 159 Å². The van der Waals surface area contributed by atoms with E-state index in [9.17, 15) is 4.39 Å². The largest absolute Gasteiger partial charge is 0.316 e. The van der Waals surface area contributed by atoms with E-state index >= 15 is 0 Å². The Hall–Kier alpha value is -1.90. The normalized spacial score (nSPS) is 21.6. The topological polar surface area (TPSA) is 12.0 Å². The molecule has 0 aromatic heterocycles. The van der Waals surface area contributed by atoms with Gasteiger partial charge in [-0.15, -0.1) is 11.6 Å². The predicted molar refractivity (Wildman–Crippen MR) is 107 cm³/mol. The van der Waals surface area contributed by atoms with Gasteiger partial charge >= 0.3 is 0 Å². The zero-order chi connectivity index (χ0) is 17.9. The molecule has 1 heterocycles. The number of halogens is 2. The number of rotatable bonds is 4. The van der Waals surface area contributed by atoms with Crippen molar-refractivity contribution < 1.29 is 4.39 Å². The molecule has 1 aliphatic rings. The maximum absolute atomic E-state index is 13.3. The molecular weight excluding hydrogens is 345 g/mol. The monoisotopic (exact) mass is 367 g/mol. The highest BCUT2D eigenvalue weighted by atomic mass is 35.5. The molecule has 1 aliphatic heterocycles. The van der Waals surface area contributed by atoms with Gasteiger partial charge in [-0.05, 0) is 71.8 Å². The average molecular weight is 368 g/mol. The summed E-state index contributed by atoms with van der Waals surface area (Å²) >= 11 is 6.91. The molecule has 0 amide bonds. The second-order valence-electron chi connectivity index (χ2n) is 7.22. The Morgan fingerprint density at radius 1 is 1.00 bits per heavy atom. The van der Waals surface area contributed by atoms with Gasteiger partial charge in [0.15, 0.2) is 0 Å². The first kappa shape index (κ1) is 17.5. The fourth-order valence-electron chi connectivity index (χ4n) is 4.13. The summed E-state index contributed by atoms with van der Waals surface area (Å²) in [5.74, 6) is 0.528. The van der Waals surface area contributed by atoms with Gasteiger partial charge in [-0.2, -0.15) is 0 Å². The van der Waals surface area contributed by atoms with Crippen molar-refractivity contribution in [3.8, 4) is 0 Å². The van der Waals surface area contributed by atoms with E-state index in [0.29, 0.717) is 11.8 Å². The lowest BCUT2D eigenvalue weighted by Gasteiger charge is -2.35. The molecule has 0 radical (unpaired) electrons. The van der Waals surface area contributed by atoms with Crippen molar-refractivity contribution in [1.82, 2.24) is 5.32 Å². The van der Waals surface area contributed by atoms with Crippen LogP contribution in [0.5, 0.6) is 0 Å². The summed E-state index contributed by atoms with van der Waals surface area (Å²) in [6.07, 6.45) is 1.88. The van der Waals surface area contributed by atoms with Gasteiger partial charge in [0.05, 0.1) is 0 Å². The highest BCUT2D eigenvalue weighted by Crippen LogP contribution is 2.36. The van der Waals surface area contributed by atoms with E-state index in [1.54, 1.807) is 12.1 Å². The van der Waals surface area contributed by atoms with E-state index in [4.69, 9.17) is 11.6 Å². The Balaban J connectivity index is 1.54. The number of fused-ring (bicyclic) bond motifs is 1. The Kier molecular flexibility index (Phi) is 5.23. The molecule has 3 heteroatoms. The molecule has 3 aromatic rings. The SMILES string of the molecule is Fc1ccc(C2CCNCC2C(Cl)Cc2ccc3ccccc3c2)cc1. The maximum Gasteiger partial charge on any atom is 0.123 e. The van der Waals surface area contributed by atoms with Crippen LogP contribution in [0.25, 0.3) is 10.8 Å². The van der Waals surface area contributed by atoms with Crippen LogP contribution in [-0.4, -0.2) is 18.5 Å². The molecule has 0 spiro atoms. The van der Waals surface area contributed by atoms with Gasteiger partial charge in [0.1, 0.15) is 5.82 Å². The third-order valence-corrected chi connectivity index (χ3v) is 6.01. The lowest BCUT2D eigenvalue weighted by molar-refractivity contribution is 0.313. The van der Waals surface area contributed by atoms with E-state index in [1.165, 1.54) is 21.9 Å². The van der Waals surface area contributed by atoms with Crippen LogP contribution < -0.4 is 5.32 Å². The number of alkyl halides is 1. The summed E-state index contributed by atoms with van der Waals surface area (Å²) in [4.78, 5) is 0. The standard InChI is InChI=1S/C23H23ClFN/c24-23(14-16-5-6-17-3-1-2-4-19(17)13-16)22-15-26-12-11-21(22)18-7-9-20(25)10-8-18/h1-10,13,21-23,26H,11-12,14-15H2. The molecule has 3 atom stereocenters. The predicted octanol–water partition coefficient (Wildman–Crippen LogP) is 5.52. The van der Waals surface area contributed by atoms with Gasteiger partial charge in [-0.25, -0.2) is 4.39 Å². The van der Waals surface area contributed by atoms with Gasteiger partial charge in [0.25, 0.3) is 0 Å². The van der Waals surface area contributed by atoms with Crippen LogP contribution in [-0.2, 0) is 6.42 Å². The molecule has 3 aromatic carbocycles. The second-order valence-corrected chi connectivity index (χ2v) is 7.78. The molecule has 1 fully saturated rings. The van der Waals surface area contributed by atoms with Crippen LogP contribution >= 0.6 is 11.6 Å². The third-order valence-electron chi connectivity index (χ3n) is 5.54. The Morgan fingerprint density at radius 2 is 1.77 bits per heavy atom. The summed E-state index contributed by atoms with van der Waals surface area (Å²) in [5.41, 5.74) is 2.47. The minimum atomic E-state index is -0.183. The zero-order valence-electron chi connectivity index (χ0n) is 14.7. The Morgan fingerprint density at radius 3 is 2.58 bits per heavy atom. The van der Waals surface area contributed by atoms with Crippen molar-refractivity contribution >= 4 is 22.4 Å². The lowest BCUT2D eigenvalue weighted by Crippen LogP contribution is -2.40. The van der Waals surface area contributed by atoms with E-state index in [-0.39, 0.29) is 11.2 Å². The van der Waals surface area contributed by atoms with Gasteiger partial charge in [0.2, 0.25) is 0 Å². The molecule has 0 bridgehead atoms. The minimum absolute atomic E-state index is 0.0408. The van der Waals surface area contributed by atoms with Crippen molar-refractivity contribution in [3.05, 3.63) is 83.7 Å². The molecule has 0 aliphatic carbocycles. The molecular formula is C23H23ClFN. The molecule has 1 N–H and O–H groups in total. The maximum atomic E-state index is 13.3. The number of benzene rings is 3. The van der Waals surface area contributed by atoms with E-state index < -0.39 is 0 Å². The van der Waals surface area contributed by atoms with Crippen LogP contribution in [0, 0.1) is 11.7 Å². The van der Waals surface area contributed by atoms with Crippen molar-refractivity contribution in [2.24, 2.45) is 5.92 Å². The fraction of sp³-hybridized carbons (Fsp3) is 0.304. The quantitative estimate of drug-likeness (QED) is 0.598. The second kappa shape index (κ2) is 7.77. The average Bonchev–Trinajstić information content (AvgIpc) is 2.68. The van der Waals surface area contributed by atoms with Gasteiger partial charge < -0.3 is 5.32 Å². The highest BCUT2D eigenvalue weighted by molar-refractivity contribution is 6.21. The van der Waals surface area contributed by atoms with Crippen LogP contribution in [0.15, 0.2) is 66.7 Å². The van der Waals surface area contributed by atoms with Crippen LogP contribution in [0.2, 0.25) is 0 Å². The molecule has 134 valence electrons. The molecule has 1 saturated heterocycles. The molecule has 4 rings (SSSR count). The van der Waals surface area contributed by atoms with Crippen molar-refractivity contribution in [3.63, 3.8) is 0 Å². The molecule has 3 unspecified atom stereocenters. The van der Waals surface area contributed by atoms with Crippen molar-refractivity contribution in [2.75, 3.05) is 13.1 Å². The fourth-order valence-corrected chi connectivity index (χ4v) is 4.57. The first-order valence-corrected chi connectivity index (χ1v) is 9.72. The third kappa shape index (κ3) is 3.77. The van der Waals surface area contributed by atoms with Crippen LogP contribution in [0.1, 0.15) is 23.5 Å². The van der Waals surface area contributed by atoms with E-state index in [1.807, 2.05) is 12.1 Å². The number of hydrogen-bond acceptors (Lipinski definition) is 1. The van der Waals surface area contributed by atoms with Crippen LogP contribution in [0.3, 0.4) is 0 Å². The lowest BCUT2D eigenvalue weighted by atomic mass is 9.78. The summed E-state index contributed by atoms with van der Waals surface area (Å²) in [6, 6.07) is 21.9. The van der Waals surface area contributed by atoms with E-state index in [0.717, 1.165) is 25.9 Å². The first-order chi connectivity index (χ1) is 12.7. The first-order valence-electron chi connectivity index (χ1n) is 9.28. The highest BCUT2D eigenvalue weighted by Gasteiger charge is 2.31. The minimum Gasteiger partial charge on any atom is -0.316 e. The Bertz CT molecular complexity index is 877. The summed E-state index contributed by atoms with van der Waals surface area (Å²) in [6.45, 7) is 1.89. The van der Waals surface area contributed by atoms with Crippen molar-refractivity contribution in [2.45, 2.75) is 24.1 Å². The number of piperidine rings is 1. The zero-order valence-corrected chi connectivity index (χ0v) is 15.4. The molecule has 1 nitrogen and oxygen atoms in total. The summed E-state index contributed by atoms with van der Waals surface area (Å²) < 4.78 is 13.3.